The van der Waals surface area contributed by atoms with Gasteiger partial charge in [0.2, 0.25) is 5.91 Å². The third kappa shape index (κ3) is 5.56. The van der Waals surface area contributed by atoms with Gasteiger partial charge >= 0.3 is 0 Å². The van der Waals surface area contributed by atoms with Crippen LogP contribution in [0.2, 0.25) is 0 Å². The minimum atomic E-state index is -2.69. The van der Waals surface area contributed by atoms with Gasteiger partial charge in [-0.3, -0.25) is 32.7 Å². The van der Waals surface area contributed by atoms with Crippen molar-refractivity contribution in [2.45, 2.75) is 13.3 Å². The summed E-state index contributed by atoms with van der Waals surface area (Å²) >= 11 is -2.69. The Balaban J connectivity index is 1.76. The largest absolute Gasteiger partial charge is 0.755 e. The lowest BCUT2D eigenvalue weighted by atomic mass is 10.1. The molecule has 0 saturated carbocycles. The molecule has 2 aliphatic rings. The Morgan fingerprint density at radius 2 is 1.86 bits per heavy atom. The number of anilines is 4. The zero-order valence-electron chi connectivity index (χ0n) is 19.6. The van der Waals surface area contributed by atoms with Gasteiger partial charge in [0.25, 0.3) is 5.91 Å². The summed E-state index contributed by atoms with van der Waals surface area (Å²) in [7, 11) is 2.03. The summed E-state index contributed by atoms with van der Waals surface area (Å²) in [5.74, 6) is -0.682. The Bertz CT molecular complexity index is 1170. The number of ketones is 1. The molecule has 1 atom stereocenters. The highest BCUT2D eigenvalue weighted by molar-refractivity contribution is 7.80. The third-order valence-electron chi connectivity index (χ3n) is 6.02. The molecule has 1 aromatic carbocycles. The van der Waals surface area contributed by atoms with Gasteiger partial charge in [0.1, 0.15) is 11.6 Å². The van der Waals surface area contributed by atoms with Crippen LogP contribution in [0.3, 0.4) is 0 Å². The molecular formula is C23H27N6O5S-. The maximum Gasteiger partial charge on any atom is 0.257 e. The predicted octanol–water partition coefficient (Wildman–Crippen LogP) is 1.14. The van der Waals surface area contributed by atoms with Gasteiger partial charge in [-0.05, 0) is 38.2 Å². The van der Waals surface area contributed by atoms with Gasteiger partial charge in [0.05, 0.1) is 23.5 Å². The van der Waals surface area contributed by atoms with E-state index in [4.69, 9.17) is 0 Å². The second-order valence-electron chi connectivity index (χ2n) is 8.59. The Labute approximate surface area is 206 Å². The van der Waals surface area contributed by atoms with Crippen molar-refractivity contribution in [1.82, 2.24) is 14.8 Å². The van der Waals surface area contributed by atoms with Crippen molar-refractivity contribution in [3.63, 3.8) is 0 Å². The smallest absolute Gasteiger partial charge is 0.257 e. The Morgan fingerprint density at radius 1 is 1.14 bits per heavy atom. The van der Waals surface area contributed by atoms with Gasteiger partial charge in [0, 0.05) is 50.4 Å². The molecule has 12 heteroatoms. The van der Waals surface area contributed by atoms with Gasteiger partial charge < -0.3 is 14.8 Å². The van der Waals surface area contributed by atoms with Gasteiger partial charge in [0.15, 0.2) is 5.82 Å². The number of Topliss-reactive ketones (excluding diaryl/α,β-unsaturated/α-hetero) is 1. The predicted molar refractivity (Wildman–Crippen MR) is 131 cm³/mol. The Hall–Kier alpha value is -3.19. The van der Waals surface area contributed by atoms with E-state index in [1.807, 2.05) is 11.9 Å². The lowest BCUT2D eigenvalue weighted by Gasteiger charge is -2.33. The van der Waals surface area contributed by atoms with Crippen molar-refractivity contribution >= 4 is 51.9 Å². The van der Waals surface area contributed by atoms with Crippen molar-refractivity contribution < 1.29 is 23.1 Å². The normalized spacial score (nSPS) is 17.1. The first-order valence-electron chi connectivity index (χ1n) is 11.3. The number of carbonyl (C=O) groups excluding carboxylic acids is 3. The van der Waals surface area contributed by atoms with Gasteiger partial charge in [-0.2, -0.15) is 0 Å². The number of nitrogens with zero attached hydrogens (tertiary/aromatic N) is 5. The van der Waals surface area contributed by atoms with Crippen molar-refractivity contribution in [3.05, 3.63) is 42.0 Å². The number of fused-ring (bicyclic) bond motifs is 2. The topological polar surface area (TPSA) is 129 Å². The summed E-state index contributed by atoms with van der Waals surface area (Å²) in [6.45, 7) is 4.53. The zero-order valence-corrected chi connectivity index (χ0v) is 20.4. The number of para-hydroxylation sites is 1. The monoisotopic (exact) mass is 499 g/mol. The van der Waals surface area contributed by atoms with Gasteiger partial charge in [-0.15, -0.1) is 0 Å². The van der Waals surface area contributed by atoms with E-state index in [0.29, 0.717) is 11.3 Å². The van der Waals surface area contributed by atoms with Gasteiger partial charge in [-0.1, -0.05) is 12.1 Å². The highest BCUT2D eigenvalue weighted by Crippen LogP contribution is 2.38. The molecule has 4 rings (SSSR count). The summed E-state index contributed by atoms with van der Waals surface area (Å²) in [4.78, 5) is 48.2. The molecule has 2 amide bonds. The fourth-order valence-corrected chi connectivity index (χ4v) is 4.55. The molecule has 1 N–H and O–H groups in total. The Kier molecular flexibility index (Phi) is 7.55. The van der Waals surface area contributed by atoms with Crippen LogP contribution >= 0.6 is 0 Å². The number of hydrogen-bond acceptors (Lipinski definition) is 8. The minimum absolute atomic E-state index is 0.0123. The van der Waals surface area contributed by atoms with E-state index in [-0.39, 0.29) is 48.5 Å². The number of benzene rings is 1. The fourth-order valence-electron chi connectivity index (χ4n) is 4.05. The zero-order chi connectivity index (χ0) is 25.1. The van der Waals surface area contributed by atoms with E-state index < -0.39 is 17.2 Å². The molecule has 1 aromatic heterocycles. The standard InChI is InChI=1S/C23H28N6O5S/c1-16(30)9-10-28(35(33)34)20-8-7-18-22(25-20)29(19-6-4-3-5-17(19)23(32)24-18)21(31)15-27-13-11-26(2)12-14-27/h3-8H,9-15H2,1-2H3,(H,24,32)(H,33,34)/p-1. The highest BCUT2D eigenvalue weighted by Gasteiger charge is 2.32. The Morgan fingerprint density at radius 3 is 2.54 bits per heavy atom. The molecule has 0 radical (unpaired) electrons. The molecular weight excluding hydrogens is 472 g/mol. The molecule has 0 bridgehead atoms. The molecule has 186 valence electrons. The SMILES string of the molecule is CC(=O)CCN(c1ccc2c(n1)N(C(=O)CN1CCN(C)CC1)c1ccccc1C(=O)N2)S(=O)[O-]. The van der Waals surface area contributed by atoms with Crippen LogP contribution in [0.1, 0.15) is 23.7 Å². The van der Waals surface area contributed by atoms with E-state index >= 15 is 0 Å². The van der Waals surface area contributed by atoms with Crippen molar-refractivity contribution in [3.8, 4) is 0 Å². The van der Waals surface area contributed by atoms with Crippen molar-refractivity contribution in [1.29, 1.82) is 0 Å². The molecule has 1 saturated heterocycles. The van der Waals surface area contributed by atoms with E-state index in [2.05, 4.69) is 15.2 Å². The first kappa shape index (κ1) is 24.9. The van der Waals surface area contributed by atoms with Crippen molar-refractivity contribution in [2.75, 3.05) is 60.8 Å². The van der Waals surface area contributed by atoms with Crippen LogP contribution in [0.4, 0.5) is 23.0 Å². The average molecular weight is 500 g/mol. The molecule has 0 aliphatic carbocycles. The number of nitrogens with one attached hydrogen (secondary N) is 1. The van der Waals surface area contributed by atoms with E-state index in [1.165, 1.54) is 24.0 Å². The number of amides is 2. The van der Waals surface area contributed by atoms with Crippen LogP contribution in [0.5, 0.6) is 0 Å². The highest BCUT2D eigenvalue weighted by atomic mass is 32.2. The van der Waals surface area contributed by atoms with E-state index in [0.717, 1.165) is 30.5 Å². The molecule has 2 aliphatic heterocycles. The van der Waals surface area contributed by atoms with Crippen LogP contribution in [-0.4, -0.2) is 87.5 Å². The molecule has 1 unspecified atom stereocenters. The molecule has 3 heterocycles. The van der Waals surface area contributed by atoms with E-state index in [9.17, 15) is 23.1 Å². The van der Waals surface area contributed by atoms with Crippen LogP contribution in [0.15, 0.2) is 36.4 Å². The minimum Gasteiger partial charge on any atom is -0.755 e. The number of likely N-dealkylation sites (N-methyl/N-ethyl adjacent to an activating group) is 1. The lowest BCUT2D eigenvalue weighted by Crippen LogP contribution is -2.48. The molecule has 11 nitrogen and oxygen atoms in total. The second kappa shape index (κ2) is 10.6. The third-order valence-corrected chi connectivity index (χ3v) is 6.75. The molecule has 0 spiro atoms. The number of carbonyl (C=O) groups is 3. The van der Waals surface area contributed by atoms with E-state index in [1.54, 1.807) is 24.3 Å². The molecule has 1 fully saturated rings. The summed E-state index contributed by atoms with van der Waals surface area (Å²) in [5, 5.41) is 2.78. The average Bonchev–Trinajstić information content (AvgIpc) is 2.94. The second-order valence-corrected chi connectivity index (χ2v) is 9.47. The summed E-state index contributed by atoms with van der Waals surface area (Å²) in [6.07, 6.45) is 0.0123. The number of pyridine rings is 1. The van der Waals surface area contributed by atoms with Crippen LogP contribution < -0.4 is 14.5 Å². The van der Waals surface area contributed by atoms with Gasteiger partial charge in [-0.25, -0.2) is 4.98 Å². The fraction of sp³-hybridized carbons (Fsp3) is 0.391. The number of piperazine rings is 1. The van der Waals surface area contributed by atoms with Crippen LogP contribution in [-0.2, 0) is 20.9 Å². The quantitative estimate of drug-likeness (QED) is 0.562. The number of rotatable bonds is 7. The molecule has 35 heavy (non-hydrogen) atoms. The first-order chi connectivity index (χ1) is 16.7. The molecule has 2 aromatic rings. The summed E-state index contributed by atoms with van der Waals surface area (Å²) < 4.78 is 24.8. The first-order valence-corrected chi connectivity index (χ1v) is 12.3. The maximum atomic E-state index is 13.7. The number of hydrogen-bond donors (Lipinski definition) is 1. The van der Waals surface area contributed by atoms with Crippen LogP contribution in [0.25, 0.3) is 0 Å². The van der Waals surface area contributed by atoms with Crippen molar-refractivity contribution in [2.24, 2.45) is 0 Å². The summed E-state index contributed by atoms with van der Waals surface area (Å²) in [5.41, 5.74) is 0.954. The maximum absolute atomic E-state index is 13.7. The van der Waals surface area contributed by atoms with Crippen LogP contribution in [0, 0.1) is 0 Å². The number of aromatic nitrogens is 1. The summed E-state index contributed by atoms with van der Waals surface area (Å²) in [6, 6.07) is 9.68. The lowest BCUT2D eigenvalue weighted by molar-refractivity contribution is -0.119.